The summed E-state index contributed by atoms with van der Waals surface area (Å²) in [5.41, 5.74) is 7.03. The molecule has 0 aromatic heterocycles. The molecule has 1 aliphatic rings. The van der Waals surface area contributed by atoms with Gasteiger partial charge < -0.3 is 15.3 Å². The van der Waals surface area contributed by atoms with Gasteiger partial charge in [0.1, 0.15) is 11.5 Å². The molecule has 0 unspecified atom stereocenters. The van der Waals surface area contributed by atoms with Gasteiger partial charge in [0.2, 0.25) is 0 Å². The second-order valence-corrected chi connectivity index (χ2v) is 5.44. The van der Waals surface area contributed by atoms with Gasteiger partial charge in [-0.05, 0) is 32.0 Å². The first kappa shape index (κ1) is 14.4. The average molecular weight is 296 g/mol. The predicted octanol–water partition coefficient (Wildman–Crippen LogP) is 3.54. The first-order chi connectivity index (χ1) is 10.7. The summed E-state index contributed by atoms with van der Waals surface area (Å²) < 4.78 is 5.69. The van der Waals surface area contributed by atoms with Gasteiger partial charge in [0, 0.05) is 17.5 Å². The van der Waals surface area contributed by atoms with E-state index < -0.39 is 0 Å². The lowest BCUT2D eigenvalue weighted by atomic mass is 9.97. The number of aryl methyl sites for hydroxylation is 1. The number of phenols is 1. The quantitative estimate of drug-likeness (QED) is 0.907. The van der Waals surface area contributed by atoms with Crippen LogP contribution in [0.5, 0.6) is 11.5 Å². The first-order valence-electron chi connectivity index (χ1n) is 7.53. The topological polar surface area (TPSA) is 53.9 Å². The Kier molecular flexibility index (Phi) is 4.00. The molecule has 0 saturated carbocycles. The van der Waals surface area contributed by atoms with E-state index in [1.54, 1.807) is 6.07 Å². The molecule has 2 aromatic carbocycles. The third kappa shape index (κ3) is 2.77. The third-order valence-corrected chi connectivity index (χ3v) is 3.81. The first-order valence-corrected chi connectivity index (χ1v) is 7.53. The summed E-state index contributed by atoms with van der Waals surface area (Å²) in [7, 11) is 0. The summed E-state index contributed by atoms with van der Waals surface area (Å²) in [4.78, 5) is 0. The molecule has 2 N–H and O–H groups in total. The minimum Gasteiger partial charge on any atom is -0.507 e. The molecule has 2 aromatic rings. The molecular formula is C18H20N2O2. The van der Waals surface area contributed by atoms with Crippen LogP contribution in [0.4, 0.5) is 0 Å². The van der Waals surface area contributed by atoms with Crippen molar-refractivity contribution in [3.05, 3.63) is 59.2 Å². The van der Waals surface area contributed by atoms with Gasteiger partial charge in [-0.15, -0.1) is 0 Å². The van der Waals surface area contributed by atoms with Crippen molar-refractivity contribution in [2.45, 2.75) is 26.3 Å². The van der Waals surface area contributed by atoms with Crippen LogP contribution in [0.15, 0.2) is 47.6 Å². The number of para-hydroxylation sites is 1. The molecule has 1 heterocycles. The van der Waals surface area contributed by atoms with Gasteiger partial charge in [0.05, 0.1) is 18.4 Å². The smallest absolute Gasteiger partial charge is 0.124 e. The highest BCUT2D eigenvalue weighted by Gasteiger charge is 2.25. The lowest BCUT2D eigenvalue weighted by molar-refractivity contribution is 0.332. The molecular weight excluding hydrogens is 276 g/mol. The highest BCUT2D eigenvalue weighted by Crippen LogP contribution is 2.33. The molecule has 1 aliphatic heterocycles. The van der Waals surface area contributed by atoms with Crippen molar-refractivity contribution in [1.82, 2.24) is 5.43 Å². The Morgan fingerprint density at radius 2 is 2.09 bits per heavy atom. The van der Waals surface area contributed by atoms with Gasteiger partial charge in [-0.2, -0.15) is 5.10 Å². The summed E-state index contributed by atoms with van der Waals surface area (Å²) in [6.07, 6.45) is 0.723. The average Bonchev–Trinajstić information content (AvgIpc) is 3.00. The standard InChI is InChI=1S/C18H20N2O2/c1-3-22-18-7-5-4-6-13(18)15-11-16(20-19-15)14-10-12(2)8-9-17(14)21/h4-10,15,19,21H,3,11H2,1-2H3/t15-/m0/s1. The Labute approximate surface area is 130 Å². The van der Waals surface area contributed by atoms with Crippen LogP contribution in [0.25, 0.3) is 0 Å². The number of phenolic OH excluding ortho intramolecular Hbond substituents is 1. The van der Waals surface area contributed by atoms with E-state index in [1.165, 1.54) is 0 Å². The minimum atomic E-state index is 0.0673. The number of hydrazone groups is 1. The number of aromatic hydroxyl groups is 1. The number of ether oxygens (including phenoxy) is 1. The van der Waals surface area contributed by atoms with Crippen molar-refractivity contribution in [1.29, 1.82) is 0 Å². The van der Waals surface area contributed by atoms with Crippen LogP contribution in [0, 0.1) is 6.92 Å². The molecule has 3 rings (SSSR count). The summed E-state index contributed by atoms with van der Waals surface area (Å²) in [5.74, 6) is 1.15. The highest BCUT2D eigenvalue weighted by atomic mass is 16.5. The Morgan fingerprint density at radius 1 is 1.27 bits per heavy atom. The van der Waals surface area contributed by atoms with Crippen molar-refractivity contribution in [2.75, 3.05) is 6.61 Å². The van der Waals surface area contributed by atoms with Crippen LogP contribution in [0.3, 0.4) is 0 Å². The van der Waals surface area contributed by atoms with E-state index in [2.05, 4.69) is 16.6 Å². The molecule has 4 nitrogen and oxygen atoms in total. The summed E-state index contributed by atoms with van der Waals surface area (Å²) in [6, 6.07) is 13.6. The maximum Gasteiger partial charge on any atom is 0.124 e. The van der Waals surface area contributed by atoms with Crippen LogP contribution in [0.2, 0.25) is 0 Å². The molecule has 0 fully saturated rings. The Hall–Kier alpha value is -2.49. The van der Waals surface area contributed by atoms with E-state index in [1.807, 2.05) is 44.2 Å². The molecule has 0 spiro atoms. The zero-order valence-corrected chi connectivity index (χ0v) is 12.8. The fourth-order valence-corrected chi connectivity index (χ4v) is 2.73. The van der Waals surface area contributed by atoms with Crippen LogP contribution in [-0.4, -0.2) is 17.4 Å². The van der Waals surface area contributed by atoms with Crippen LogP contribution >= 0.6 is 0 Å². The summed E-state index contributed by atoms with van der Waals surface area (Å²) in [6.45, 7) is 4.62. The summed E-state index contributed by atoms with van der Waals surface area (Å²) in [5, 5.41) is 14.5. The molecule has 114 valence electrons. The number of benzene rings is 2. The molecule has 4 heteroatoms. The number of hydrogen-bond acceptors (Lipinski definition) is 4. The molecule has 22 heavy (non-hydrogen) atoms. The third-order valence-electron chi connectivity index (χ3n) is 3.81. The second kappa shape index (κ2) is 6.10. The molecule has 1 atom stereocenters. The lowest BCUT2D eigenvalue weighted by Crippen LogP contribution is -2.12. The number of nitrogens with zero attached hydrogens (tertiary/aromatic N) is 1. The Bertz CT molecular complexity index is 710. The predicted molar refractivity (Wildman–Crippen MR) is 87.5 cm³/mol. The van der Waals surface area contributed by atoms with Crippen LogP contribution in [-0.2, 0) is 0 Å². The van der Waals surface area contributed by atoms with Gasteiger partial charge >= 0.3 is 0 Å². The van der Waals surface area contributed by atoms with Crippen molar-refractivity contribution >= 4 is 5.71 Å². The Balaban J connectivity index is 1.84. The normalized spacial score (nSPS) is 17.0. The zero-order chi connectivity index (χ0) is 15.5. The number of hydrogen-bond donors (Lipinski definition) is 2. The van der Waals surface area contributed by atoms with E-state index >= 15 is 0 Å². The highest BCUT2D eigenvalue weighted by molar-refractivity contribution is 6.04. The fourth-order valence-electron chi connectivity index (χ4n) is 2.73. The van der Waals surface area contributed by atoms with Crippen molar-refractivity contribution in [3.63, 3.8) is 0 Å². The molecule has 0 amide bonds. The van der Waals surface area contributed by atoms with E-state index in [-0.39, 0.29) is 11.8 Å². The molecule has 0 radical (unpaired) electrons. The minimum absolute atomic E-state index is 0.0673. The molecule has 0 bridgehead atoms. The number of nitrogens with one attached hydrogen (secondary N) is 1. The van der Waals surface area contributed by atoms with Crippen molar-refractivity contribution < 1.29 is 9.84 Å². The summed E-state index contributed by atoms with van der Waals surface area (Å²) >= 11 is 0. The van der Waals surface area contributed by atoms with Crippen molar-refractivity contribution in [2.24, 2.45) is 5.10 Å². The van der Waals surface area contributed by atoms with Crippen molar-refractivity contribution in [3.8, 4) is 11.5 Å². The fraction of sp³-hybridized carbons (Fsp3) is 0.278. The van der Waals surface area contributed by atoms with Gasteiger partial charge in [0.15, 0.2) is 0 Å². The van der Waals surface area contributed by atoms with E-state index in [4.69, 9.17) is 4.74 Å². The SMILES string of the molecule is CCOc1ccccc1[C@@H]1CC(c2cc(C)ccc2O)=NN1. The van der Waals surface area contributed by atoms with E-state index in [0.717, 1.165) is 34.6 Å². The van der Waals surface area contributed by atoms with Gasteiger partial charge in [-0.1, -0.05) is 29.8 Å². The maximum absolute atomic E-state index is 10.1. The largest absolute Gasteiger partial charge is 0.507 e. The van der Waals surface area contributed by atoms with Gasteiger partial charge in [-0.25, -0.2) is 0 Å². The van der Waals surface area contributed by atoms with Crippen LogP contribution in [0.1, 0.15) is 36.1 Å². The van der Waals surface area contributed by atoms with Crippen LogP contribution < -0.4 is 10.2 Å². The van der Waals surface area contributed by atoms with E-state index in [9.17, 15) is 5.11 Å². The second-order valence-electron chi connectivity index (χ2n) is 5.44. The van der Waals surface area contributed by atoms with Gasteiger partial charge in [-0.3, -0.25) is 0 Å². The molecule has 0 aliphatic carbocycles. The monoisotopic (exact) mass is 296 g/mol. The zero-order valence-electron chi connectivity index (χ0n) is 12.8. The maximum atomic E-state index is 10.1. The van der Waals surface area contributed by atoms with Gasteiger partial charge in [0.25, 0.3) is 0 Å². The Morgan fingerprint density at radius 3 is 2.91 bits per heavy atom. The number of rotatable bonds is 4. The van der Waals surface area contributed by atoms with E-state index in [0.29, 0.717) is 6.61 Å². The molecule has 0 saturated heterocycles. The lowest BCUT2D eigenvalue weighted by Gasteiger charge is -2.15.